The summed E-state index contributed by atoms with van der Waals surface area (Å²) in [6, 6.07) is 15.7. The first-order chi connectivity index (χ1) is 15.3. The third-order valence-corrected chi connectivity index (χ3v) is 6.06. The predicted molar refractivity (Wildman–Crippen MR) is 134 cm³/mol. The Morgan fingerprint density at radius 1 is 0.758 bits per heavy atom. The third-order valence-electron chi connectivity index (χ3n) is 6.06. The van der Waals surface area contributed by atoms with E-state index in [9.17, 15) is 10.2 Å². The molecule has 1 aromatic heterocycles. The zero-order chi connectivity index (χ0) is 24.1. The Morgan fingerprint density at radius 3 is 1.88 bits per heavy atom. The Balaban J connectivity index is 1.89. The molecule has 0 radical (unpaired) electrons. The molecule has 4 aromatic rings. The molecule has 1 heterocycles. The van der Waals surface area contributed by atoms with E-state index >= 15 is 0 Å². The summed E-state index contributed by atoms with van der Waals surface area (Å²) in [4.78, 5) is 1.51. The molecule has 172 valence electrons. The van der Waals surface area contributed by atoms with Crippen LogP contribution in [0.4, 0.5) is 0 Å². The number of nitrogens with zero attached hydrogens (tertiary/aromatic N) is 3. The quantitative estimate of drug-likeness (QED) is 0.388. The van der Waals surface area contributed by atoms with Gasteiger partial charge < -0.3 is 10.2 Å². The van der Waals surface area contributed by atoms with Gasteiger partial charge in [-0.15, -0.1) is 15.0 Å². The summed E-state index contributed by atoms with van der Waals surface area (Å²) in [6.07, 6.45) is 0.403. The molecule has 0 aliphatic heterocycles. The van der Waals surface area contributed by atoms with Crippen LogP contribution >= 0.6 is 0 Å². The Morgan fingerprint density at radius 2 is 1.33 bits per heavy atom. The molecule has 5 nitrogen and oxygen atoms in total. The van der Waals surface area contributed by atoms with E-state index in [2.05, 4.69) is 51.7 Å². The van der Waals surface area contributed by atoms with Crippen LogP contribution in [0.25, 0.3) is 16.7 Å². The lowest BCUT2D eigenvalue weighted by Crippen LogP contribution is -2.14. The summed E-state index contributed by atoms with van der Waals surface area (Å²) in [6.45, 7) is 14.7. The van der Waals surface area contributed by atoms with Gasteiger partial charge in [-0.25, -0.2) is 0 Å². The molecule has 0 unspecified atom stereocenters. The van der Waals surface area contributed by atoms with Gasteiger partial charge in [0.25, 0.3) is 0 Å². The number of aryl methyl sites for hydroxylation is 1. The molecule has 33 heavy (non-hydrogen) atoms. The smallest absolute Gasteiger partial charge is 0.146 e. The number of phenols is 2. The fourth-order valence-corrected chi connectivity index (χ4v) is 4.13. The first kappa shape index (κ1) is 22.8. The van der Waals surface area contributed by atoms with Crippen LogP contribution in [0.15, 0.2) is 48.5 Å². The third kappa shape index (κ3) is 4.45. The predicted octanol–water partition coefficient (Wildman–Crippen LogP) is 6.33. The van der Waals surface area contributed by atoms with E-state index in [0.717, 1.165) is 38.9 Å². The van der Waals surface area contributed by atoms with Crippen molar-refractivity contribution in [3.63, 3.8) is 0 Å². The molecule has 0 aliphatic rings. The van der Waals surface area contributed by atoms with Crippen molar-refractivity contribution in [3.8, 4) is 17.2 Å². The van der Waals surface area contributed by atoms with Crippen molar-refractivity contribution in [3.05, 3.63) is 76.3 Å². The van der Waals surface area contributed by atoms with Crippen molar-refractivity contribution in [1.29, 1.82) is 0 Å². The summed E-state index contributed by atoms with van der Waals surface area (Å²) < 4.78 is 0. The molecule has 0 aliphatic carbocycles. The van der Waals surface area contributed by atoms with E-state index in [1.807, 2.05) is 55.5 Å². The fraction of sp³-hybridized carbons (Fsp3) is 0.357. The highest BCUT2D eigenvalue weighted by molar-refractivity contribution is 5.74. The number of benzene rings is 3. The van der Waals surface area contributed by atoms with Crippen molar-refractivity contribution in [2.24, 2.45) is 0 Å². The monoisotopic (exact) mass is 443 g/mol. The van der Waals surface area contributed by atoms with Crippen molar-refractivity contribution >= 4 is 11.0 Å². The number of hydrogen-bond acceptors (Lipinski definition) is 4. The topological polar surface area (TPSA) is 71.2 Å². The standard InChI is InChI=1S/C28H33N3O2/c1-17-12-18(25(32)21(13-17)28(5,6)7)14-19-15-20(27(2,3)4)16-24(26(19)33)31-29-22-10-8-9-11-23(22)30-31/h8-13,15-16,32-33H,14H2,1-7H3. The van der Waals surface area contributed by atoms with E-state index in [0.29, 0.717) is 12.1 Å². The molecular formula is C28H33N3O2. The van der Waals surface area contributed by atoms with E-state index in [-0.39, 0.29) is 22.3 Å². The minimum absolute atomic E-state index is 0.126. The van der Waals surface area contributed by atoms with Gasteiger partial charge in [0.1, 0.15) is 28.2 Å². The molecule has 0 saturated carbocycles. The highest BCUT2D eigenvalue weighted by Crippen LogP contribution is 2.39. The number of fused-ring (bicyclic) bond motifs is 1. The SMILES string of the molecule is Cc1cc(Cc2cc(C(C)(C)C)cc(-n3nc4ccccc4n3)c2O)c(O)c(C(C)(C)C)c1. The highest BCUT2D eigenvalue weighted by Gasteiger charge is 2.24. The lowest BCUT2D eigenvalue weighted by atomic mass is 9.82. The molecule has 2 N–H and O–H groups in total. The van der Waals surface area contributed by atoms with Crippen molar-refractivity contribution in [2.45, 2.75) is 65.7 Å². The molecule has 5 heteroatoms. The number of aromatic nitrogens is 3. The number of hydrogen-bond donors (Lipinski definition) is 2. The van der Waals surface area contributed by atoms with Gasteiger partial charge in [0.2, 0.25) is 0 Å². The van der Waals surface area contributed by atoms with Gasteiger partial charge in [0, 0.05) is 12.0 Å². The first-order valence-electron chi connectivity index (χ1n) is 11.4. The van der Waals surface area contributed by atoms with Crippen LogP contribution in [-0.4, -0.2) is 25.2 Å². The molecule has 0 saturated heterocycles. The second-order valence-electron chi connectivity index (χ2n) is 11.0. The maximum Gasteiger partial charge on any atom is 0.146 e. The zero-order valence-electron chi connectivity index (χ0n) is 20.6. The molecule has 0 spiro atoms. The van der Waals surface area contributed by atoms with E-state index < -0.39 is 0 Å². The number of aromatic hydroxyl groups is 2. The minimum atomic E-state index is -0.190. The molecule has 4 rings (SSSR count). The second-order valence-corrected chi connectivity index (χ2v) is 11.0. The van der Waals surface area contributed by atoms with Gasteiger partial charge in [-0.2, -0.15) is 0 Å². The van der Waals surface area contributed by atoms with Gasteiger partial charge in [0.15, 0.2) is 0 Å². The van der Waals surface area contributed by atoms with Crippen LogP contribution in [0, 0.1) is 6.92 Å². The summed E-state index contributed by atoms with van der Waals surface area (Å²) in [5, 5.41) is 31.6. The Kier molecular flexibility index (Phi) is 5.47. The van der Waals surface area contributed by atoms with Crippen molar-refractivity contribution in [1.82, 2.24) is 15.0 Å². The Bertz CT molecular complexity index is 1300. The Hall–Kier alpha value is -3.34. The van der Waals surface area contributed by atoms with Gasteiger partial charge in [-0.05, 0) is 52.6 Å². The highest BCUT2D eigenvalue weighted by atomic mass is 16.3. The van der Waals surface area contributed by atoms with E-state index in [4.69, 9.17) is 0 Å². The lowest BCUT2D eigenvalue weighted by Gasteiger charge is -2.24. The van der Waals surface area contributed by atoms with Crippen molar-refractivity contribution in [2.75, 3.05) is 0 Å². The molecular weight excluding hydrogens is 410 g/mol. The summed E-state index contributed by atoms with van der Waals surface area (Å²) >= 11 is 0. The second kappa shape index (κ2) is 7.91. The number of rotatable bonds is 3. The van der Waals surface area contributed by atoms with Crippen molar-refractivity contribution < 1.29 is 10.2 Å². The summed E-state index contributed by atoms with van der Waals surface area (Å²) in [5.74, 6) is 0.416. The van der Waals surface area contributed by atoms with Gasteiger partial charge in [0.05, 0.1) is 0 Å². The minimum Gasteiger partial charge on any atom is -0.507 e. The maximum atomic E-state index is 11.3. The van der Waals surface area contributed by atoms with Crippen LogP contribution in [-0.2, 0) is 17.3 Å². The molecule has 3 aromatic carbocycles. The van der Waals surface area contributed by atoms with Crippen LogP contribution in [0.3, 0.4) is 0 Å². The maximum absolute atomic E-state index is 11.3. The van der Waals surface area contributed by atoms with E-state index in [1.54, 1.807) is 0 Å². The molecule has 0 fully saturated rings. The number of phenolic OH excluding ortho intramolecular Hbond substituents is 2. The van der Waals surface area contributed by atoms with Gasteiger partial charge >= 0.3 is 0 Å². The zero-order valence-corrected chi connectivity index (χ0v) is 20.6. The van der Waals surface area contributed by atoms with Crippen LogP contribution < -0.4 is 0 Å². The van der Waals surface area contributed by atoms with E-state index in [1.165, 1.54) is 4.80 Å². The Labute approximate surface area is 195 Å². The van der Waals surface area contributed by atoms with Crippen LogP contribution in [0.5, 0.6) is 11.5 Å². The van der Waals surface area contributed by atoms with Crippen LogP contribution in [0.1, 0.15) is 69.4 Å². The van der Waals surface area contributed by atoms with Crippen LogP contribution in [0.2, 0.25) is 0 Å². The summed E-state index contributed by atoms with van der Waals surface area (Å²) in [7, 11) is 0. The average molecular weight is 444 g/mol. The average Bonchev–Trinajstić information content (AvgIpc) is 3.14. The molecule has 0 atom stereocenters. The van der Waals surface area contributed by atoms with Gasteiger partial charge in [-0.1, -0.05) is 77.4 Å². The van der Waals surface area contributed by atoms with Gasteiger partial charge in [-0.3, -0.25) is 0 Å². The summed E-state index contributed by atoms with van der Waals surface area (Å²) in [5.41, 5.74) is 6.33. The molecule has 0 bridgehead atoms. The lowest BCUT2D eigenvalue weighted by molar-refractivity contribution is 0.439. The largest absolute Gasteiger partial charge is 0.507 e. The normalized spacial score (nSPS) is 12.5. The fourth-order valence-electron chi connectivity index (χ4n) is 4.13. The molecule has 0 amide bonds. The first-order valence-corrected chi connectivity index (χ1v) is 11.4.